The Morgan fingerprint density at radius 2 is 2.16 bits per heavy atom. The number of hydrogen-bond donors (Lipinski definition) is 0. The molecule has 1 amide bonds. The van der Waals surface area contributed by atoms with Gasteiger partial charge in [-0.1, -0.05) is 13.0 Å². The van der Waals surface area contributed by atoms with E-state index in [1.807, 2.05) is 30.5 Å². The highest BCUT2D eigenvalue weighted by Gasteiger charge is 2.35. The average molecular weight is 272 g/mol. The van der Waals surface area contributed by atoms with E-state index in [1.165, 1.54) is 16.2 Å². The van der Waals surface area contributed by atoms with Crippen LogP contribution in [0.4, 0.5) is 5.69 Å². The Balaban J connectivity index is 2.00. The largest absolute Gasteiger partial charge is 0.299 e. The highest BCUT2D eigenvalue weighted by molar-refractivity contribution is 7.07. The van der Waals surface area contributed by atoms with Gasteiger partial charge >= 0.3 is 0 Å². The van der Waals surface area contributed by atoms with Gasteiger partial charge in [0, 0.05) is 5.38 Å². The lowest BCUT2D eigenvalue weighted by Gasteiger charge is -2.15. The Labute approximate surface area is 114 Å². The standard InChI is InChI=1S/C14H12N2O2S/c1-2-9-3-4-12-11(5-9)13(17)14(18)16(12)6-10-7-19-8-15-10/h3-5,7-8H,2,6H2,1H3. The number of aryl methyl sites for hydroxylation is 1. The summed E-state index contributed by atoms with van der Waals surface area (Å²) in [5.74, 6) is -0.878. The number of ketones is 1. The number of nitrogens with zero attached hydrogens (tertiary/aromatic N) is 2. The molecule has 0 spiro atoms. The van der Waals surface area contributed by atoms with Crippen molar-refractivity contribution in [2.24, 2.45) is 0 Å². The van der Waals surface area contributed by atoms with Crippen molar-refractivity contribution in [1.29, 1.82) is 0 Å². The number of benzene rings is 1. The number of fused-ring (bicyclic) bond motifs is 1. The molecule has 0 bridgehead atoms. The fourth-order valence-electron chi connectivity index (χ4n) is 2.20. The van der Waals surface area contributed by atoms with Gasteiger partial charge in [0.25, 0.3) is 11.7 Å². The van der Waals surface area contributed by atoms with Crippen LogP contribution in [-0.2, 0) is 17.8 Å². The van der Waals surface area contributed by atoms with Crippen LogP contribution in [-0.4, -0.2) is 16.7 Å². The number of anilines is 1. The van der Waals surface area contributed by atoms with E-state index in [0.29, 0.717) is 17.8 Å². The molecular formula is C14H12N2O2S. The highest BCUT2D eigenvalue weighted by atomic mass is 32.1. The van der Waals surface area contributed by atoms with Crippen molar-refractivity contribution in [3.05, 3.63) is 45.9 Å². The first-order valence-corrected chi connectivity index (χ1v) is 7.01. The Kier molecular flexibility index (Phi) is 2.91. The molecule has 0 radical (unpaired) electrons. The van der Waals surface area contributed by atoms with E-state index in [-0.39, 0.29) is 0 Å². The SMILES string of the molecule is CCc1ccc2c(c1)C(=O)C(=O)N2Cc1cscn1. The predicted octanol–water partition coefficient (Wildman–Crippen LogP) is 2.44. The normalized spacial score (nSPS) is 14.1. The van der Waals surface area contributed by atoms with Crippen molar-refractivity contribution in [3.63, 3.8) is 0 Å². The van der Waals surface area contributed by atoms with Gasteiger partial charge in [-0.05, 0) is 24.1 Å². The van der Waals surface area contributed by atoms with Crippen LogP contribution in [0.5, 0.6) is 0 Å². The zero-order chi connectivity index (χ0) is 13.4. The van der Waals surface area contributed by atoms with Gasteiger partial charge < -0.3 is 0 Å². The molecule has 1 aliphatic heterocycles. The Hall–Kier alpha value is -2.01. The molecule has 96 valence electrons. The Morgan fingerprint density at radius 3 is 2.84 bits per heavy atom. The van der Waals surface area contributed by atoms with Crippen LogP contribution in [0.15, 0.2) is 29.1 Å². The van der Waals surface area contributed by atoms with Gasteiger partial charge in [-0.2, -0.15) is 0 Å². The molecule has 0 saturated carbocycles. The second-order valence-electron chi connectivity index (χ2n) is 4.41. The van der Waals surface area contributed by atoms with Crippen molar-refractivity contribution < 1.29 is 9.59 Å². The van der Waals surface area contributed by atoms with Crippen LogP contribution >= 0.6 is 11.3 Å². The number of rotatable bonds is 3. The quantitative estimate of drug-likeness (QED) is 0.806. The lowest BCUT2D eigenvalue weighted by atomic mass is 10.1. The first-order valence-electron chi connectivity index (χ1n) is 6.07. The molecule has 5 heteroatoms. The molecular weight excluding hydrogens is 260 g/mol. The summed E-state index contributed by atoms with van der Waals surface area (Å²) in [6.07, 6.45) is 0.848. The van der Waals surface area contributed by atoms with E-state index in [4.69, 9.17) is 0 Å². The number of carbonyl (C=O) groups is 2. The summed E-state index contributed by atoms with van der Waals surface area (Å²) in [6.45, 7) is 2.38. The maximum Gasteiger partial charge on any atom is 0.299 e. The minimum atomic E-state index is -0.462. The van der Waals surface area contributed by atoms with Crippen molar-refractivity contribution in [1.82, 2.24) is 4.98 Å². The summed E-state index contributed by atoms with van der Waals surface area (Å²) >= 11 is 1.48. The van der Waals surface area contributed by atoms with Crippen molar-refractivity contribution in [2.45, 2.75) is 19.9 Å². The molecule has 3 rings (SSSR count). The molecule has 0 fully saturated rings. The van der Waals surface area contributed by atoms with Crippen LogP contribution in [0.1, 0.15) is 28.5 Å². The first kappa shape index (κ1) is 12.0. The van der Waals surface area contributed by atoms with Crippen molar-refractivity contribution >= 4 is 28.7 Å². The molecule has 0 saturated heterocycles. The molecule has 0 atom stereocenters. The van der Waals surface area contributed by atoms with Crippen LogP contribution in [0.2, 0.25) is 0 Å². The predicted molar refractivity (Wildman–Crippen MR) is 73.5 cm³/mol. The lowest BCUT2D eigenvalue weighted by molar-refractivity contribution is -0.114. The fourth-order valence-corrected chi connectivity index (χ4v) is 2.75. The van der Waals surface area contributed by atoms with Crippen LogP contribution in [0.3, 0.4) is 0 Å². The number of aromatic nitrogens is 1. The third-order valence-electron chi connectivity index (χ3n) is 3.25. The number of amides is 1. The summed E-state index contributed by atoms with van der Waals surface area (Å²) in [6, 6.07) is 5.62. The summed E-state index contributed by atoms with van der Waals surface area (Å²) in [4.78, 5) is 29.7. The van der Waals surface area contributed by atoms with Crippen molar-refractivity contribution in [3.8, 4) is 0 Å². The van der Waals surface area contributed by atoms with Crippen LogP contribution < -0.4 is 4.90 Å². The van der Waals surface area contributed by atoms with Crippen LogP contribution in [0, 0.1) is 0 Å². The van der Waals surface area contributed by atoms with E-state index in [2.05, 4.69) is 4.98 Å². The van der Waals surface area contributed by atoms with E-state index < -0.39 is 11.7 Å². The lowest BCUT2D eigenvalue weighted by Crippen LogP contribution is -2.29. The molecule has 0 unspecified atom stereocenters. The molecule has 1 aromatic carbocycles. The zero-order valence-corrected chi connectivity index (χ0v) is 11.2. The summed E-state index contributed by atoms with van der Waals surface area (Å²) < 4.78 is 0. The molecule has 19 heavy (non-hydrogen) atoms. The van der Waals surface area contributed by atoms with E-state index in [9.17, 15) is 9.59 Å². The maximum atomic E-state index is 12.0. The third-order valence-corrected chi connectivity index (χ3v) is 3.88. The average Bonchev–Trinajstić information content (AvgIpc) is 3.02. The monoisotopic (exact) mass is 272 g/mol. The Bertz CT molecular complexity index is 649. The van der Waals surface area contributed by atoms with Gasteiger partial charge in [-0.25, -0.2) is 4.98 Å². The minimum absolute atomic E-state index is 0.354. The van der Waals surface area contributed by atoms with Gasteiger partial charge in [0.05, 0.1) is 29.0 Å². The molecule has 0 aliphatic carbocycles. The van der Waals surface area contributed by atoms with Gasteiger partial charge in [0.2, 0.25) is 0 Å². The topological polar surface area (TPSA) is 50.3 Å². The van der Waals surface area contributed by atoms with E-state index >= 15 is 0 Å². The summed E-state index contributed by atoms with van der Waals surface area (Å²) in [7, 11) is 0. The minimum Gasteiger partial charge on any atom is -0.299 e. The summed E-state index contributed by atoms with van der Waals surface area (Å²) in [5.41, 5.74) is 4.80. The number of Topliss-reactive ketones (excluding diaryl/α,β-unsaturated/α-hetero) is 1. The smallest absolute Gasteiger partial charge is 0.299 e. The molecule has 1 aromatic heterocycles. The second kappa shape index (κ2) is 4.59. The molecule has 4 nitrogen and oxygen atoms in total. The number of hydrogen-bond acceptors (Lipinski definition) is 4. The fraction of sp³-hybridized carbons (Fsp3) is 0.214. The van der Waals surface area contributed by atoms with Gasteiger partial charge in [0.1, 0.15) is 0 Å². The molecule has 0 N–H and O–H groups in total. The Morgan fingerprint density at radius 1 is 1.32 bits per heavy atom. The van der Waals surface area contributed by atoms with Gasteiger partial charge in [0.15, 0.2) is 0 Å². The maximum absolute atomic E-state index is 12.0. The van der Waals surface area contributed by atoms with Crippen LogP contribution in [0.25, 0.3) is 0 Å². The molecule has 2 heterocycles. The third kappa shape index (κ3) is 1.96. The first-order chi connectivity index (χ1) is 9.20. The number of thiazole rings is 1. The van der Waals surface area contributed by atoms with E-state index in [1.54, 1.807) is 5.51 Å². The van der Waals surface area contributed by atoms with Gasteiger partial charge in [-0.3, -0.25) is 14.5 Å². The van der Waals surface area contributed by atoms with Gasteiger partial charge in [-0.15, -0.1) is 11.3 Å². The highest BCUT2D eigenvalue weighted by Crippen LogP contribution is 2.31. The molecule has 1 aliphatic rings. The second-order valence-corrected chi connectivity index (χ2v) is 5.12. The van der Waals surface area contributed by atoms with E-state index in [0.717, 1.165) is 17.7 Å². The number of carbonyl (C=O) groups excluding carboxylic acids is 2. The summed E-state index contributed by atoms with van der Waals surface area (Å²) in [5, 5.41) is 1.89. The molecule has 2 aromatic rings. The van der Waals surface area contributed by atoms with Crippen molar-refractivity contribution in [2.75, 3.05) is 4.90 Å². The zero-order valence-electron chi connectivity index (χ0n) is 10.4.